The van der Waals surface area contributed by atoms with Crippen LogP contribution >= 0.6 is 0 Å². The van der Waals surface area contributed by atoms with Gasteiger partial charge in [-0.3, -0.25) is 4.72 Å². The number of nitrogens with one attached hydrogen (secondary N) is 1. The SMILES string of the molecule is CCCCCCCCCS(=O)(=O)Nc1ccc(C(=O)OC)cc1. The van der Waals surface area contributed by atoms with Crippen LogP contribution in [0.4, 0.5) is 5.69 Å². The Kier molecular flexibility index (Phi) is 8.69. The van der Waals surface area contributed by atoms with Crippen molar-refractivity contribution in [3.63, 3.8) is 0 Å². The van der Waals surface area contributed by atoms with Crippen LogP contribution in [0.1, 0.15) is 62.2 Å². The van der Waals surface area contributed by atoms with Gasteiger partial charge in [0.1, 0.15) is 0 Å². The number of ether oxygens (including phenoxy) is 1. The number of rotatable bonds is 11. The quantitative estimate of drug-likeness (QED) is 0.488. The van der Waals surface area contributed by atoms with Crippen molar-refractivity contribution in [2.24, 2.45) is 0 Å². The fourth-order valence-corrected chi connectivity index (χ4v) is 3.45. The van der Waals surface area contributed by atoms with Gasteiger partial charge in [0.25, 0.3) is 0 Å². The molecule has 0 heterocycles. The van der Waals surface area contributed by atoms with E-state index >= 15 is 0 Å². The Morgan fingerprint density at radius 2 is 1.57 bits per heavy atom. The molecule has 0 amide bonds. The van der Waals surface area contributed by atoms with Gasteiger partial charge >= 0.3 is 5.97 Å². The Balaban J connectivity index is 2.35. The van der Waals surface area contributed by atoms with Crippen LogP contribution in [0.5, 0.6) is 0 Å². The van der Waals surface area contributed by atoms with Gasteiger partial charge in [0.15, 0.2) is 0 Å². The average Bonchev–Trinajstić information content (AvgIpc) is 2.53. The van der Waals surface area contributed by atoms with Crippen LogP contribution < -0.4 is 4.72 Å². The third-order valence-electron chi connectivity index (χ3n) is 3.60. The second kappa shape index (κ2) is 10.3. The fourth-order valence-electron chi connectivity index (χ4n) is 2.27. The molecule has 0 aromatic heterocycles. The molecular formula is C17H27NO4S. The molecule has 1 rings (SSSR count). The lowest BCUT2D eigenvalue weighted by Crippen LogP contribution is -2.16. The molecule has 0 aliphatic carbocycles. The third-order valence-corrected chi connectivity index (χ3v) is 4.97. The topological polar surface area (TPSA) is 72.5 Å². The number of methoxy groups -OCH3 is 1. The van der Waals surface area contributed by atoms with Crippen molar-refractivity contribution < 1.29 is 17.9 Å². The first kappa shape index (κ1) is 19.5. The van der Waals surface area contributed by atoms with Crippen LogP contribution in [-0.4, -0.2) is 27.2 Å². The number of anilines is 1. The van der Waals surface area contributed by atoms with E-state index < -0.39 is 16.0 Å². The minimum absolute atomic E-state index is 0.125. The van der Waals surface area contributed by atoms with Gasteiger partial charge in [0.2, 0.25) is 10.0 Å². The molecule has 5 nitrogen and oxygen atoms in total. The zero-order chi connectivity index (χ0) is 17.1. The third kappa shape index (κ3) is 8.02. The van der Waals surface area contributed by atoms with E-state index in [1.54, 1.807) is 12.1 Å². The van der Waals surface area contributed by atoms with Crippen molar-refractivity contribution in [1.82, 2.24) is 0 Å². The number of hydrogen-bond donors (Lipinski definition) is 1. The molecular weight excluding hydrogens is 314 g/mol. The van der Waals surface area contributed by atoms with Gasteiger partial charge in [0, 0.05) is 5.69 Å². The number of carbonyl (C=O) groups excluding carboxylic acids is 1. The summed E-state index contributed by atoms with van der Waals surface area (Å²) in [5, 5.41) is 0. The molecule has 23 heavy (non-hydrogen) atoms. The Bertz CT molecular complexity index is 567. The second-order valence-electron chi connectivity index (χ2n) is 5.61. The minimum atomic E-state index is -3.34. The van der Waals surface area contributed by atoms with Gasteiger partial charge in [0.05, 0.1) is 18.4 Å². The van der Waals surface area contributed by atoms with Gasteiger partial charge < -0.3 is 4.74 Å². The summed E-state index contributed by atoms with van der Waals surface area (Å²) in [6.07, 6.45) is 7.57. The van der Waals surface area contributed by atoms with E-state index in [1.165, 1.54) is 44.9 Å². The van der Waals surface area contributed by atoms with Crippen LogP contribution in [0, 0.1) is 0 Å². The van der Waals surface area contributed by atoms with E-state index in [2.05, 4.69) is 16.4 Å². The molecule has 0 saturated carbocycles. The number of unbranched alkanes of at least 4 members (excludes halogenated alkanes) is 6. The largest absolute Gasteiger partial charge is 0.465 e. The summed E-state index contributed by atoms with van der Waals surface area (Å²) >= 11 is 0. The molecule has 0 saturated heterocycles. The summed E-state index contributed by atoms with van der Waals surface area (Å²) in [6.45, 7) is 2.18. The smallest absolute Gasteiger partial charge is 0.337 e. The van der Waals surface area contributed by atoms with Crippen LogP contribution in [0.2, 0.25) is 0 Å². The summed E-state index contributed by atoms with van der Waals surface area (Å²) in [7, 11) is -2.03. The summed E-state index contributed by atoms with van der Waals surface area (Å²) < 4.78 is 31.1. The molecule has 1 aromatic carbocycles. The molecule has 1 aromatic rings. The first-order valence-electron chi connectivity index (χ1n) is 8.17. The molecule has 130 valence electrons. The van der Waals surface area contributed by atoms with Crippen molar-refractivity contribution in [1.29, 1.82) is 0 Å². The Hall–Kier alpha value is -1.56. The van der Waals surface area contributed by atoms with E-state index in [-0.39, 0.29) is 5.75 Å². The predicted octanol–water partition coefficient (Wildman–Crippen LogP) is 3.97. The monoisotopic (exact) mass is 341 g/mol. The van der Waals surface area contributed by atoms with E-state index in [1.807, 2.05) is 0 Å². The standard InChI is InChI=1S/C17H27NO4S/c1-3-4-5-6-7-8-9-14-23(20,21)18-16-12-10-15(11-13-16)17(19)22-2/h10-13,18H,3-9,14H2,1-2H3. The highest BCUT2D eigenvalue weighted by atomic mass is 32.2. The van der Waals surface area contributed by atoms with Crippen molar-refractivity contribution in [3.8, 4) is 0 Å². The minimum Gasteiger partial charge on any atom is -0.465 e. The van der Waals surface area contributed by atoms with E-state index in [4.69, 9.17) is 0 Å². The van der Waals surface area contributed by atoms with E-state index in [0.717, 1.165) is 12.8 Å². The van der Waals surface area contributed by atoms with E-state index in [9.17, 15) is 13.2 Å². The summed E-state index contributed by atoms with van der Waals surface area (Å²) in [5.41, 5.74) is 0.850. The maximum Gasteiger partial charge on any atom is 0.337 e. The van der Waals surface area contributed by atoms with Gasteiger partial charge in [-0.15, -0.1) is 0 Å². The Morgan fingerprint density at radius 1 is 1.00 bits per heavy atom. The maximum atomic E-state index is 12.0. The normalized spacial score (nSPS) is 11.2. The maximum absolute atomic E-state index is 12.0. The lowest BCUT2D eigenvalue weighted by molar-refractivity contribution is 0.0601. The predicted molar refractivity (Wildman–Crippen MR) is 93.2 cm³/mol. The van der Waals surface area contributed by atoms with Crippen molar-refractivity contribution in [2.45, 2.75) is 51.9 Å². The molecule has 0 fully saturated rings. The molecule has 0 aliphatic rings. The van der Waals surface area contributed by atoms with Crippen LogP contribution in [0.3, 0.4) is 0 Å². The zero-order valence-corrected chi connectivity index (χ0v) is 14.8. The lowest BCUT2D eigenvalue weighted by Gasteiger charge is -2.08. The van der Waals surface area contributed by atoms with Crippen molar-refractivity contribution in [2.75, 3.05) is 17.6 Å². The number of hydrogen-bond acceptors (Lipinski definition) is 4. The van der Waals surface area contributed by atoms with Gasteiger partial charge in [-0.05, 0) is 30.7 Å². The highest BCUT2D eigenvalue weighted by Crippen LogP contribution is 2.14. The van der Waals surface area contributed by atoms with Crippen LogP contribution in [-0.2, 0) is 14.8 Å². The first-order chi connectivity index (χ1) is 11.0. The summed E-state index contributed by atoms with van der Waals surface area (Å²) in [4.78, 5) is 11.3. The number of benzene rings is 1. The van der Waals surface area contributed by atoms with Crippen molar-refractivity contribution in [3.05, 3.63) is 29.8 Å². The molecule has 0 spiro atoms. The zero-order valence-electron chi connectivity index (χ0n) is 14.0. The van der Waals surface area contributed by atoms with Gasteiger partial charge in [-0.25, -0.2) is 13.2 Å². The van der Waals surface area contributed by atoms with E-state index in [0.29, 0.717) is 17.7 Å². The van der Waals surface area contributed by atoms with Gasteiger partial charge in [-0.1, -0.05) is 45.4 Å². The molecule has 0 aliphatic heterocycles. The Morgan fingerprint density at radius 3 is 2.13 bits per heavy atom. The Labute approximate surface area is 139 Å². The molecule has 1 N–H and O–H groups in total. The summed E-state index contributed by atoms with van der Waals surface area (Å²) in [5.74, 6) is -0.318. The fraction of sp³-hybridized carbons (Fsp3) is 0.588. The summed E-state index contributed by atoms with van der Waals surface area (Å²) in [6, 6.07) is 6.21. The second-order valence-corrected chi connectivity index (χ2v) is 7.45. The highest BCUT2D eigenvalue weighted by molar-refractivity contribution is 7.92. The van der Waals surface area contributed by atoms with Crippen LogP contribution in [0.25, 0.3) is 0 Å². The van der Waals surface area contributed by atoms with Gasteiger partial charge in [-0.2, -0.15) is 0 Å². The molecule has 0 unspecified atom stereocenters. The van der Waals surface area contributed by atoms with Crippen LogP contribution in [0.15, 0.2) is 24.3 Å². The number of sulfonamides is 1. The average molecular weight is 341 g/mol. The highest BCUT2D eigenvalue weighted by Gasteiger charge is 2.11. The number of carbonyl (C=O) groups is 1. The molecule has 0 radical (unpaired) electrons. The first-order valence-corrected chi connectivity index (χ1v) is 9.82. The lowest BCUT2D eigenvalue weighted by atomic mass is 10.1. The number of esters is 1. The van der Waals surface area contributed by atoms with Crippen molar-refractivity contribution >= 4 is 21.7 Å². The molecule has 6 heteroatoms. The molecule has 0 atom stereocenters. The molecule has 0 bridgehead atoms.